The number of rotatable bonds is 4. The lowest BCUT2D eigenvalue weighted by atomic mass is 10.2. The van der Waals surface area contributed by atoms with Crippen LogP contribution < -0.4 is 4.74 Å². The fraction of sp³-hybridized carbons (Fsp3) is 0.316. The Morgan fingerprint density at radius 3 is 2.44 bits per heavy atom. The van der Waals surface area contributed by atoms with Crippen molar-refractivity contribution < 1.29 is 14.3 Å². The molecule has 1 fully saturated rings. The van der Waals surface area contributed by atoms with E-state index in [9.17, 15) is 9.59 Å². The average Bonchev–Trinajstić information content (AvgIpc) is 2.69. The molecule has 8 heteroatoms. The quantitative estimate of drug-likeness (QED) is 0.780. The zero-order chi connectivity index (χ0) is 19.4. The van der Waals surface area contributed by atoms with Crippen molar-refractivity contribution in [3.63, 3.8) is 0 Å². The average molecular weight is 408 g/mol. The highest BCUT2D eigenvalue weighted by Gasteiger charge is 2.28. The third-order valence-corrected chi connectivity index (χ3v) is 4.86. The predicted octanol–water partition coefficient (Wildman–Crippen LogP) is 3.14. The van der Waals surface area contributed by atoms with Gasteiger partial charge in [-0.2, -0.15) is 0 Å². The van der Waals surface area contributed by atoms with Crippen LogP contribution in [0, 0.1) is 0 Å². The van der Waals surface area contributed by atoms with Gasteiger partial charge in [0.2, 0.25) is 0 Å². The second-order valence-corrected chi connectivity index (χ2v) is 7.04. The van der Waals surface area contributed by atoms with Gasteiger partial charge in [0.15, 0.2) is 6.10 Å². The molecule has 2 amide bonds. The second-order valence-electron chi connectivity index (χ2n) is 6.19. The maximum atomic E-state index is 12.6. The molecule has 1 unspecified atom stereocenters. The van der Waals surface area contributed by atoms with Crippen LogP contribution in [0.5, 0.6) is 5.75 Å². The molecule has 0 N–H and O–H groups in total. The normalized spacial score (nSPS) is 15.4. The van der Waals surface area contributed by atoms with Gasteiger partial charge in [-0.3, -0.25) is 14.6 Å². The summed E-state index contributed by atoms with van der Waals surface area (Å²) < 4.78 is 5.69. The van der Waals surface area contributed by atoms with Crippen molar-refractivity contribution in [3.05, 3.63) is 58.3 Å². The summed E-state index contributed by atoms with van der Waals surface area (Å²) >= 11 is 12.0. The molecule has 1 aliphatic rings. The van der Waals surface area contributed by atoms with E-state index in [1.165, 1.54) is 0 Å². The number of carbonyl (C=O) groups is 2. The summed E-state index contributed by atoms with van der Waals surface area (Å²) in [4.78, 5) is 32.5. The highest BCUT2D eigenvalue weighted by molar-refractivity contribution is 6.35. The molecule has 0 spiro atoms. The lowest BCUT2D eigenvalue weighted by Gasteiger charge is -2.35. The number of pyridine rings is 1. The molecule has 1 saturated heterocycles. The van der Waals surface area contributed by atoms with E-state index in [2.05, 4.69) is 4.98 Å². The molecule has 0 bridgehead atoms. The Morgan fingerprint density at radius 2 is 1.81 bits per heavy atom. The molecule has 2 aromatic rings. The highest BCUT2D eigenvalue weighted by atomic mass is 35.5. The lowest BCUT2D eigenvalue weighted by molar-refractivity contribution is -0.139. The van der Waals surface area contributed by atoms with Crippen LogP contribution in [0.25, 0.3) is 0 Å². The van der Waals surface area contributed by atoms with Crippen molar-refractivity contribution in [1.29, 1.82) is 0 Å². The Labute approximate surface area is 167 Å². The second kappa shape index (κ2) is 8.59. The van der Waals surface area contributed by atoms with Crippen LogP contribution in [0.3, 0.4) is 0 Å². The highest BCUT2D eigenvalue weighted by Crippen LogP contribution is 2.28. The maximum Gasteiger partial charge on any atom is 0.263 e. The molecular weight excluding hydrogens is 389 g/mol. The molecule has 27 heavy (non-hydrogen) atoms. The van der Waals surface area contributed by atoms with Crippen LogP contribution in [0.1, 0.15) is 17.3 Å². The molecule has 0 radical (unpaired) electrons. The third-order valence-electron chi connectivity index (χ3n) is 4.33. The first-order chi connectivity index (χ1) is 13.0. The molecule has 142 valence electrons. The van der Waals surface area contributed by atoms with Crippen LogP contribution in [0.15, 0.2) is 42.7 Å². The first kappa shape index (κ1) is 19.5. The zero-order valence-corrected chi connectivity index (χ0v) is 16.3. The molecule has 2 heterocycles. The molecule has 0 saturated carbocycles. The molecule has 6 nitrogen and oxygen atoms in total. The van der Waals surface area contributed by atoms with E-state index in [-0.39, 0.29) is 11.8 Å². The van der Waals surface area contributed by atoms with Crippen molar-refractivity contribution in [3.8, 4) is 5.75 Å². The molecule has 3 rings (SSSR count). The van der Waals surface area contributed by atoms with Crippen molar-refractivity contribution in [1.82, 2.24) is 14.8 Å². The number of aromatic nitrogens is 1. The van der Waals surface area contributed by atoms with E-state index < -0.39 is 6.10 Å². The SMILES string of the molecule is CC(Oc1ccc(Cl)cc1Cl)C(=O)N1CCN(C(=O)c2cccnc2)CC1. The number of amides is 2. The standard InChI is InChI=1S/C19H19Cl2N3O3/c1-13(27-17-5-4-15(20)11-16(17)21)18(25)23-7-9-24(10-8-23)19(26)14-3-2-6-22-12-14/h2-6,11-13H,7-10H2,1H3. The Hall–Kier alpha value is -2.31. The van der Waals surface area contributed by atoms with Crippen molar-refractivity contribution in [2.45, 2.75) is 13.0 Å². The number of benzene rings is 1. The number of halogens is 2. The van der Waals surface area contributed by atoms with E-state index >= 15 is 0 Å². The summed E-state index contributed by atoms with van der Waals surface area (Å²) in [5.41, 5.74) is 0.548. The van der Waals surface area contributed by atoms with Gasteiger partial charge >= 0.3 is 0 Å². The van der Waals surface area contributed by atoms with Gasteiger partial charge in [-0.1, -0.05) is 23.2 Å². The summed E-state index contributed by atoms with van der Waals surface area (Å²) in [6.45, 7) is 3.52. The van der Waals surface area contributed by atoms with E-state index in [0.29, 0.717) is 47.5 Å². The predicted molar refractivity (Wildman–Crippen MR) is 103 cm³/mol. The fourth-order valence-electron chi connectivity index (χ4n) is 2.87. The van der Waals surface area contributed by atoms with E-state index in [0.717, 1.165) is 0 Å². The van der Waals surface area contributed by atoms with Crippen molar-refractivity contribution in [2.75, 3.05) is 26.2 Å². The smallest absolute Gasteiger partial charge is 0.263 e. The molecule has 0 aliphatic carbocycles. The lowest BCUT2D eigenvalue weighted by Crippen LogP contribution is -2.53. The summed E-state index contributed by atoms with van der Waals surface area (Å²) in [6.07, 6.45) is 2.48. The minimum absolute atomic E-state index is 0.0764. The van der Waals surface area contributed by atoms with Crippen LogP contribution in [-0.4, -0.2) is 58.9 Å². The molecule has 1 aromatic carbocycles. The Kier molecular flexibility index (Phi) is 6.19. The number of hydrogen-bond donors (Lipinski definition) is 0. The first-order valence-electron chi connectivity index (χ1n) is 8.55. The van der Waals surface area contributed by atoms with E-state index in [1.807, 2.05) is 0 Å². The van der Waals surface area contributed by atoms with Crippen LogP contribution >= 0.6 is 23.2 Å². The van der Waals surface area contributed by atoms with Gasteiger partial charge in [0.1, 0.15) is 5.75 Å². The summed E-state index contributed by atoms with van der Waals surface area (Å²) in [6, 6.07) is 8.33. The minimum Gasteiger partial charge on any atom is -0.479 e. The fourth-order valence-corrected chi connectivity index (χ4v) is 3.32. The van der Waals surface area contributed by atoms with Gasteiger partial charge in [-0.15, -0.1) is 0 Å². The summed E-state index contributed by atoms with van der Waals surface area (Å²) in [5.74, 6) is 0.189. The van der Waals surface area contributed by atoms with Gasteiger partial charge < -0.3 is 14.5 Å². The van der Waals surface area contributed by atoms with Crippen molar-refractivity contribution in [2.24, 2.45) is 0 Å². The van der Waals surface area contributed by atoms with Crippen molar-refractivity contribution >= 4 is 35.0 Å². The van der Waals surface area contributed by atoms with E-state index in [1.54, 1.807) is 59.4 Å². The zero-order valence-electron chi connectivity index (χ0n) is 14.8. The summed E-state index contributed by atoms with van der Waals surface area (Å²) in [5, 5.41) is 0.856. The van der Waals surface area contributed by atoms with Gasteiger partial charge in [0.05, 0.1) is 10.6 Å². The van der Waals surface area contributed by atoms with Crippen LogP contribution in [0.4, 0.5) is 0 Å². The topological polar surface area (TPSA) is 62.7 Å². The molecule has 1 aromatic heterocycles. The number of ether oxygens (including phenoxy) is 1. The largest absolute Gasteiger partial charge is 0.479 e. The Morgan fingerprint density at radius 1 is 1.11 bits per heavy atom. The van der Waals surface area contributed by atoms with Gasteiger partial charge in [0, 0.05) is 43.6 Å². The Balaban J connectivity index is 1.55. The summed E-state index contributed by atoms with van der Waals surface area (Å²) in [7, 11) is 0. The molecule has 1 atom stereocenters. The number of carbonyl (C=O) groups excluding carboxylic acids is 2. The van der Waals surface area contributed by atoms with Gasteiger partial charge in [0.25, 0.3) is 11.8 Å². The number of nitrogens with zero attached hydrogens (tertiary/aromatic N) is 3. The first-order valence-corrected chi connectivity index (χ1v) is 9.31. The van der Waals surface area contributed by atoms with Crippen LogP contribution in [0.2, 0.25) is 10.0 Å². The number of hydrogen-bond acceptors (Lipinski definition) is 4. The third kappa shape index (κ3) is 4.70. The van der Waals surface area contributed by atoms with Gasteiger partial charge in [-0.25, -0.2) is 0 Å². The van der Waals surface area contributed by atoms with Gasteiger partial charge in [-0.05, 0) is 37.3 Å². The monoisotopic (exact) mass is 407 g/mol. The minimum atomic E-state index is -0.691. The molecular formula is C19H19Cl2N3O3. The Bertz CT molecular complexity index is 824. The molecule has 1 aliphatic heterocycles. The van der Waals surface area contributed by atoms with E-state index in [4.69, 9.17) is 27.9 Å². The maximum absolute atomic E-state index is 12.6. The van der Waals surface area contributed by atoms with Crippen LogP contribution in [-0.2, 0) is 4.79 Å². The number of piperazine rings is 1.